The minimum Gasteiger partial charge on any atom is -0.480 e. The van der Waals surface area contributed by atoms with Crippen molar-refractivity contribution >= 4 is 21.7 Å². The van der Waals surface area contributed by atoms with Crippen molar-refractivity contribution < 1.29 is 27.5 Å². The first kappa shape index (κ1) is 17.0. The van der Waals surface area contributed by atoms with Gasteiger partial charge in [0.15, 0.2) is 15.6 Å². The molecule has 3 rings (SSSR count). The maximum absolute atomic E-state index is 12.8. The minimum atomic E-state index is -3.26. The number of amides is 1. The molecule has 1 saturated heterocycles. The first-order chi connectivity index (χ1) is 11.3. The number of hydrogen-bond acceptors (Lipinski definition) is 5. The van der Waals surface area contributed by atoms with Crippen molar-refractivity contribution in [1.29, 1.82) is 0 Å². The van der Waals surface area contributed by atoms with Gasteiger partial charge >= 0.3 is 5.97 Å². The molecule has 0 bridgehead atoms. The van der Waals surface area contributed by atoms with Crippen molar-refractivity contribution in [2.24, 2.45) is 5.92 Å². The molecule has 132 valence electrons. The number of aliphatic carboxylic acids is 1. The SMILES string of the molecule is CS(=O)(=O)Cc1ccc(C(=O)N2[C@H](C(=O)O)C[C@H]3CCCC[C@@H]32)o1. The normalized spacial score (nSPS) is 27.0. The molecule has 2 fully saturated rings. The van der Waals surface area contributed by atoms with Gasteiger partial charge in [0.05, 0.1) is 0 Å². The van der Waals surface area contributed by atoms with Crippen LogP contribution in [0.4, 0.5) is 0 Å². The Bertz CT molecular complexity index is 752. The van der Waals surface area contributed by atoms with Gasteiger partial charge in [0.1, 0.15) is 17.6 Å². The molecule has 2 aliphatic rings. The number of hydrogen-bond donors (Lipinski definition) is 1. The molecule has 1 amide bonds. The summed E-state index contributed by atoms with van der Waals surface area (Å²) in [4.78, 5) is 25.8. The molecule has 1 saturated carbocycles. The van der Waals surface area contributed by atoms with E-state index in [9.17, 15) is 23.1 Å². The van der Waals surface area contributed by atoms with E-state index in [2.05, 4.69) is 0 Å². The third-order valence-corrected chi connectivity index (χ3v) is 5.69. The van der Waals surface area contributed by atoms with Gasteiger partial charge in [-0.15, -0.1) is 0 Å². The summed E-state index contributed by atoms with van der Waals surface area (Å²) in [6, 6.07) is 1.97. The molecular formula is C16H21NO6S. The fourth-order valence-corrected chi connectivity index (χ4v) is 4.60. The number of rotatable bonds is 4. The van der Waals surface area contributed by atoms with Crippen LogP contribution in [0.2, 0.25) is 0 Å². The Morgan fingerprint density at radius 1 is 1.29 bits per heavy atom. The van der Waals surface area contributed by atoms with Crippen molar-refractivity contribution in [2.75, 3.05) is 6.26 Å². The average Bonchev–Trinajstić information content (AvgIpc) is 3.09. The largest absolute Gasteiger partial charge is 0.480 e. The molecule has 8 heteroatoms. The van der Waals surface area contributed by atoms with E-state index < -0.39 is 27.8 Å². The van der Waals surface area contributed by atoms with Crippen LogP contribution >= 0.6 is 0 Å². The number of sulfone groups is 1. The van der Waals surface area contributed by atoms with Crippen LogP contribution in [0.5, 0.6) is 0 Å². The molecule has 1 aliphatic carbocycles. The lowest BCUT2D eigenvalue weighted by Crippen LogP contribution is -2.46. The number of nitrogens with zero attached hydrogens (tertiary/aromatic N) is 1. The van der Waals surface area contributed by atoms with Gasteiger partial charge in [-0.05, 0) is 37.3 Å². The highest BCUT2D eigenvalue weighted by molar-refractivity contribution is 7.89. The van der Waals surface area contributed by atoms with Gasteiger partial charge in [0.25, 0.3) is 5.91 Å². The number of fused-ring (bicyclic) bond motifs is 1. The molecule has 1 N–H and O–H groups in total. The van der Waals surface area contributed by atoms with Gasteiger partial charge in [-0.3, -0.25) is 4.79 Å². The van der Waals surface area contributed by atoms with E-state index in [1.807, 2.05) is 0 Å². The lowest BCUT2D eigenvalue weighted by molar-refractivity contribution is -0.141. The van der Waals surface area contributed by atoms with Crippen molar-refractivity contribution in [3.8, 4) is 0 Å². The highest BCUT2D eigenvalue weighted by Gasteiger charge is 2.48. The smallest absolute Gasteiger partial charge is 0.326 e. The Kier molecular flexibility index (Phi) is 4.42. The third-order valence-electron chi connectivity index (χ3n) is 4.88. The lowest BCUT2D eigenvalue weighted by atomic mass is 9.84. The monoisotopic (exact) mass is 355 g/mol. The first-order valence-electron chi connectivity index (χ1n) is 8.08. The Morgan fingerprint density at radius 3 is 2.67 bits per heavy atom. The molecule has 0 aromatic carbocycles. The zero-order valence-corrected chi connectivity index (χ0v) is 14.3. The summed E-state index contributed by atoms with van der Waals surface area (Å²) >= 11 is 0. The van der Waals surface area contributed by atoms with Gasteiger partial charge < -0.3 is 14.4 Å². The number of carboxylic acid groups (broad SMARTS) is 1. The van der Waals surface area contributed by atoms with E-state index in [0.29, 0.717) is 6.42 Å². The van der Waals surface area contributed by atoms with Crippen LogP contribution in [-0.2, 0) is 20.4 Å². The Balaban J connectivity index is 1.85. The average molecular weight is 355 g/mol. The second-order valence-electron chi connectivity index (χ2n) is 6.75. The molecular weight excluding hydrogens is 334 g/mol. The van der Waals surface area contributed by atoms with E-state index in [1.54, 1.807) is 0 Å². The number of likely N-dealkylation sites (tertiary alicyclic amines) is 1. The molecule has 2 heterocycles. The molecule has 1 aromatic rings. The van der Waals surface area contributed by atoms with Crippen molar-refractivity contribution in [3.63, 3.8) is 0 Å². The second kappa shape index (κ2) is 6.23. The summed E-state index contributed by atoms with van der Waals surface area (Å²) in [5.41, 5.74) is 0. The van der Waals surface area contributed by atoms with Gasteiger partial charge in [0.2, 0.25) is 0 Å². The molecule has 3 atom stereocenters. The molecule has 7 nitrogen and oxygen atoms in total. The van der Waals surface area contributed by atoms with E-state index in [0.717, 1.165) is 31.9 Å². The summed E-state index contributed by atoms with van der Waals surface area (Å²) in [5.74, 6) is -1.33. The quantitative estimate of drug-likeness (QED) is 0.881. The Labute approximate surface area is 140 Å². The highest BCUT2D eigenvalue weighted by Crippen LogP contribution is 2.40. The van der Waals surface area contributed by atoms with Crippen LogP contribution in [0.1, 0.15) is 48.4 Å². The summed E-state index contributed by atoms with van der Waals surface area (Å²) in [6.45, 7) is 0. The van der Waals surface area contributed by atoms with E-state index >= 15 is 0 Å². The Hall–Kier alpha value is -1.83. The number of carboxylic acids is 1. The van der Waals surface area contributed by atoms with E-state index in [1.165, 1.54) is 17.0 Å². The number of furan rings is 1. The molecule has 0 radical (unpaired) electrons. The minimum absolute atomic E-state index is 0.00567. The summed E-state index contributed by atoms with van der Waals surface area (Å²) < 4.78 is 28.0. The van der Waals surface area contributed by atoms with Crippen molar-refractivity contribution in [2.45, 2.75) is 49.9 Å². The first-order valence-corrected chi connectivity index (χ1v) is 10.1. The van der Waals surface area contributed by atoms with Gasteiger partial charge in [-0.2, -0.15) is 0 Å². The maximum Gasteiger partial charge on any atom is 0.326 e. The van der Waals surface area contributed by atoms with Gasteiger partial charge in [-0.25, -0.2) is 13.2 Å². The van der Waals surface area contributed by atoms with Crippen LogP contribution in [0.3, 0.4) is 0 Å². The molecule has 0 unspecified atom stereocenters. The van der Waals surface area contributed by atoms with Gasteiger partial charge in [0, 0.05) is 12.3 Å². The summed E-state index contributed by atoms with van der Waals surface area (Å²) in [6.07, 6.45) is 5.35. The predicted octanol–water partition coefficient (Wildman–Crippen LogP) is 1.68. The molecule has 24 heavy (non-hydrogen) atoms. The summed E-state index contributed by atoms with van der Waals surface area (Å²) in [7, 11) is -3.26. The zero-order chi connectivity index (χ0) is 17.5. The fraction of sp³-hybridized carbons (Fsp3) is 0.625. The topological polar surface area (TPSA) is 105 Å². The van der Waals surface area contributed by atoms with Crippen LogP contribution < -0.4 is 0 Å². The highest BCUT2D eigenvalue weighted by atomic mass is 32.2. The maximum atomic E-state index is 12.8. The van der Waals surface area contributed by atoms with Crippen LogP contribution in [0.15, 0.2) is 16.5 Å². The van der Waals surface area contributed by atoms with E-state index in [4.69, 9.17) is 4.42 Å². The van der Waals surface area contributed by atoms with Crippen molar-refractivity contribution in [3.05, 3.63) is 23.7 Å². The van der Waals surface area contributed by atoms with Crippen molar-refractivity contribution in [1.82, 2.24) is 4.90 Å². The van der Waals surface area contributed by atoms with Crippen LogP contribution in [-0.4, -0.2) is 48.6 Å². The number of carbonyl (C=O) groups is 2. The van der Waals surface area contributed by atoms with Gasteiger partial charge in [-0.1, -0.05) is 12.8 Å². The third kappa shape index (κ3) is 3.33. The lowest BCUT2D eigenvalue weighted by Gasteiger charge is -2.32. The molecule has 0 spiro atoms. The summed E-state index contributed by atoms with van der Waals surface area (Å²) in [5, 5.41) is 9.48. The molecule has 1 aromatic heterocycles. The Morgan fingerprint density at radius 2 is 2.00 bits per heavy atom. The predicted molar refractivity (Wildman–Crippen MR) is 85.2 cm³/mol. The fourth-order valence-electron chi connectivity index (χ4n) is 3.93. The van der Waals surface area contributed by atoms with E-state index in [-0.39, 0.29) is 29.2 Å². The molecule has 1 aliphatic heterocycles. The number of carbonyl (C=O) groups excluding carboxylic acids is 1. The standard InChI is InChI=1S/C16H21NO6S/c1-24(21,22)9-11-6-7-14(23-11)15(18)17-12-5-3-2-4-10(12)8-13(17)16(19)20/h6-7,10,12-13H,2-5,8-9H2,1H3,(H,19,20)/t10-,12+,13+/m1/s1. The zero-order valence-electron chi connectivity index (χ0n) is 13.5. The van der Waals surface area contributed by atoms with Crippen LogP contribution in [0.25, 0.3) is 0 Å². The second-order valence-corrected chi connectivity index (χ2v) is 8.89. The van der Waals surface area contributed by atoms with Crippen LogP contribution in [0, 0.1) is 5.92 Å².